The smallest absolute Gasteiger partial charge is 0.307 e. The highest BCUT2D eigenvalue weighted by Gasteiger charge is 2.16. The molecule has 0 radical (unpaired) electrons. The minimum absolute atomic E-state index is 0.00910. The lowest BCUT2D eigenvalue weighted by Crippen LogP contribution is -2.00. The van der Waals surface area contributed by atoms with Crippen molar-refractivity contribution < 1.29 is 19.4 Å². The summed E-state index contributed by atoms with van der Waals surface area (Å²) in [5.41, 5.74) is 1.81. The summed E-state index contributed by atoms with van der Waals surface area (Å²) in [6.45, 7) is 7.96. The van der Waals surface area contributed by atoms with Crippen molar-refractivity contribution >= 4 is 16.9 Å². The maximum absolute atomic E-state index is 11.2. The van der Waals surface area contributed by atoms with Crippen LogP contribution in [0.4, 0.5) is 0 Å². The Bertz CT molecular complexity index is 675. The highest BCUT2D eigenvalue weighted by molar-refractivity contribution is 5.90. The molecule has 2 aromatic rings. The highest BCUT2D eigenvalue weighted by atomic mass is 16.5. The molecule has 0 aliphatic rings. The van der Waals surface area contributed by atoms with E-state index in [1.54, 1.807) is 0 Å². The van der Waals surface area contributed by atoms with E-state index in [1.165, 1.54) is 0 Å². The predicted molar refractivity (Wildman–Crippen MR) is 90.5 cm³/mol. The van der Waals surface area contributed by atoms with Gasteiger partial charge in [0.25, 0.3) is 0 Å². The molecule has 126 valence electrons. The Morgan fingerprint density at radius 3 is 2.35 bits per heavy atom. The number of nitrogens with zero attached hydrogens (tertiary/aromatic N) is 1. The Morgan fingerprint density at radius 2 is 1.78 bits per heavy atom. The Hall–Kier alpha value is -2.17. The van der Waals surface area contributed by atoms with E-state index in [1.807, 2.05) is 32.2 Å². The number of rotatable bonds is 9. The number of carboxylic acids is 1. The minimum Gasteiger partial charge on any atom is -0.490 e. The average molecular weight is 319 g/mol. The van der Waals surface area contributed by atoms with Crippen molar-refractivity contribution in [3.63, 3.8) is 0 Å². The number of aliphatic carboxylic acids is 1. The summed E-state index contributed by atoms with van der Waals surface area (Å²) in [6.07, 6.45) is 4.09. The summed E-state index contributed by atoms with van der Waals surface area (Å²) >= 11 is 0. The van der Waals surface area contributed by atoms with Crippen LogP contribution >= 0.6 is 0 Å². The number of benzene rings is 1. The molecule has 0 fully saturated rings. The molecule has 0 aliphatic carbocycles. The van der Waals surface area contributed by atoms with Crippen molar-refractivity contribution in [3.05, 3.63) is 23.9 Å². The summed E-state index contributed by atoms with van der Waals surface area (Å²) in [5, 5.41) is 10.1. The van der Waals surface area contributed by atoms with E-state index in [9.17, 15) is 4.79 Å². The topological polar surface area (TPSA) is 60.7 Å². The highest BCUT2D eigenvalue weighted by Crippen LogP contribution is 2.35. The lowest BCUT2D eigenvalue weighted by atomic mass is 10.1. The van der Waals surface area contributed by atoms with Gasteiger partial charge >= 0.3 is 5.97 Å². The van der Waals surface area contributed by atoms with Crippen molar-refractivity contribution in [2.45, 2.75) is 46.6 Å². The molecule has 0 amide bonds. The average Bonchev–Trinajstić information content (AvgIpc) is 2.82. The second kappa shape index (κ2) is 7.90. The number of unbranched alkanes of at least 4 members (excludes halogenated alkanes) is 1. The van der Waals surface area contributed by atoms with E-state index in [2.05, 4.69) is 11.5 Å². The molecule has 5 nitrogen and oxygen atoms in total. The minimum atomic E-state index is -0.827. The number of fused-ring (bicyclic) bond motifs is 1. The van der Waals surface area contributed by atoms with Crippen LogP contribution in [0.25, 0.3) is 10.9 Å². The Morgan fingerprint density at radius 1 is 1.13 bits per heavy atom. The largest absolute Gasteiger partial charge is 0.490 e. The van der Waals surface area contributed by atoms with Crippen LogP contribution in [0.5, 0.6) is 11.5 Å². The number of aryl methyl sites for hydroxylation is 1. The predicted octanol–water partition coefficient (Wildman–Crippen LogP) is 3.87. The molecule has 0 bridgehead atoms. The van der Waals surface area contributed by atoms with E-state index in [0.29, 0.717) is 24.7 Å². The number of hydrogen-bond donors (Lipinski definition) is 1. The molecule has 0 aliphatic heterocycles. The molecule has 1 heterocycles. The second-order valence-corrected chi connectivity index (χ2v) is 5.45. The Labute approximate surface area is 136 Å². The molecule has 2 rings (SSSR count). The summed E-state index contributed by atoms with van der Waals surface area (Å²) in [6, 6.07) is 3.87. The molecule has 1 aromatic heterocycles. The first-order valence-corrected chi connectivity index (χ1v) is 8.23. The molecule has 5 heteroatoms. The first-order valence-electron chi connectivity index (χ1n) is 8.23. The van der Waals surface area contributed by atoms with Crippen LogP contribution in [0.1, 0.15) is 39.2 Å². The van der Waals surface area contributed by atoms with Crippen LogP contribution in [-0.4, -0.2) is 28.9 Å². The SMILES string of the molecule is CCCCn1cc(CC(=O)O)c2cc(OCC)c(OCC)cc21. The Kier molecular flexibility index (Phi) is 5.90. The molecule has 0 unspecified atom stereocenters. The second-order valence-electron chi connectivity index (χ2n) is 5.45. The first kappa shape index (κ1) is 17.2. The lowest BCUT2D eigenvalue weighted by molar-refractivity contribution is -0.136. The normalized spacial score (nSPS) is 10.9. The van der Waals surface area contributed by atoms with E-state index in [4.69, 9.17) is 14.6 Å². The van der Waals surface area contributed by atoms with Crippen LogP contribution in [0.3, 0.4) is 0 Å². The van der Waals surface area contributed by atoms with Gasteiger partial charge in [-0.05, 0) is 31.9 Å². The Balaban J connectivity index is 2.57. The zero-order valence-corrected chi connectivity index (χ0v) is 14.1. The molecule has 1 N–H and O–H groups in total. The van der Waals surface area contributed by atoms with E-state index >= 15 is 0 Å². The van der Waals surface area contributed by atoms with Gasteiger partial charge in [-0.25, -0.2) is 0 Å². The van der Waals surface area contributed by atoms with Crippen LogP contribution in [0.2, 0.25) is 0 Å². The van der Waals surface area contributed by atoms with Crippen LogP contribution < -0.4 is 9.47 Å². The zero-order valence-electron chi connectivity index (χ0n) is 14.1. The van der Waals surface area contributed by atoms with Gasteiger partial charge in [-0.3, -0.25) is 4.79 Å². The van der Waals surface area contributed by atoms with Crippen molar-refractivity contribution in [3.8, 4) is 11.5 Å². The van der Waals surface area contributed by atoms with E-state index < -0.39 is 5.97 Å². The van der Waals surface area contributed by atoms with Crippen LogP contribution in [-0.2, 0) is 17.8 Å². The number of aromatic nitrogens is 1. The first-order chi connectivity index (χ1) is 11.1. The van der Waals surface area contributed by atoms with Gasteiger partial charge in [0.15, 0.2) is 11.5 Å². The van der Waals surface area contributed by atoms with Crippen molar-refractivity contribution in [1.29, 1.82) is 0 Å². The molecule has 1 aromatic carbocycles. The fourth-order valence-corrected chi connectivity index (χ4v) is 2.73. The van der Waals surface area contributed by atoms with Crippen molar-refractivity contribution in [2.75, 3.05) is 13.2 Å². The van der Waals surface area contributed by atoms with E-state index in [-0.39, 0.29) is 6.42 Å². The van der Waals surface area contributed by atoms with Gasteiger partial charge in [0, 0.05) is 24.2 Å². The number of hydrogen-bond acceptors (Lipinski definition) is 3. The van der Waals surface area contributed by atoms with E-state index in [0.717, 1.165) is 35.9 Å². The molecule has 0 spiro atoms. The quantitative estimate of drug-likeness (QED) is 0.762. The number of carbonyl (C=O) groups is 1. The monoisotopic (exact) mass is 319 g/mol. The summed E-state index contributed by atoms with van der Waals surface area (Å²) in [4.78, 5) is 11.2. The third kappa shape index (κ3) is 3.97. The van der Waals surface area contributed by atoms with Crippen molar-refractivity contribution in [2.24, 2.45) is 0 Å². The van der Waals surface area contributed by atoms with Gasteiger partial charge in [0.05, 0.1) is 25.2 Å². The molecule has 23 heavy (non-hydrogen) atoms. The number of ether oxygens (including phenoxy) is 2. The van der Waals surface area contributed by atoms with Gasteiger partial charge in [0.2, 0.25) is 0 Å². The van der Waals surface area contributed by atoms with Gasteiger partial charge in [0.1, 0.15) is 0 Å². The zero-order chi connectivity index (χ0) is 16.8. The lowest BCUT2D eigenvalue weighted by Gasteiger charge is -2.12. The maximum atomic E-state index is 11.2. The van der Waals surface area contributed by atoms with Crippen LogP contribution in [0, 0.1) is 0 Å². The standard InChI is InChI=1S/C18H25NO4/c1-4-7-8-19-12-13(9-18(20)21)14-10-16(22-5-2)17(23-6-3)11-15(14)19/h10-12H,4-9H2,1-3H3,(H,20,21). The molecular formula is C18H25NO4. The summed E-state index contributed by atoms with van der Waals surface area (Å²) < 4.78 is 13.5. The van der Waals surface area contributed by atoms with Crippen molar-refractivity contribution in [1.82, 2.24) is 4.57 Å². The third-order valence-electron chi connectivity index (χ3n) is 3.72. The molecule has 0 saturated heterocycles. The molecule has 0 saturated carbocycles. The summed E-state index contributed by atoms with van der Waals surface area (Å²) in [7, 11) is 0. The van der Waals surface area contributed by atoms with Gasteiger partial charge in [-0.1, -0.05) is 13.3 Å². The fraction of sp³-hybridized carbons (Fsp3) is 0.500. The molecule has 0 atom stereocenters. The van der Waals surface area contributed by atoms with Gasteiger partial charge in [-0.2, -0.15) is 0 Å². The fourth-order valence-electron chi connectivity index (χ4n) is 2.73. The maximum Gasteiger partial charge on any atom is 0.307 e. The van der Waals surface area contributed by atoms with Crippen LogP contribution in [0.15, 0.2) is 18.3 Å². The third-order valence-corrected chi connectivity index (χ3v) is 3.72. The van der Waals surface area contributed by atoms with Gasteiger partial charge in [-0.15, -0.1) is 0 Å². The van der Waals surface area contributed by atoms with Gasteiger partial charge < -0.3 is 19.1 Å². The number of carboxylic acid groups (broad SMARTS) is 1. The molecular weight excluding hydrogens is 294 g/mol. The summed E-state index contributed by atoms with van der Waals surface area (Å²) in [5.74, 6) is 0.549.